The summed E-state index contributed by atoms with van der Waals surface area (Å²) in [6.07, 6.45) is 0. The summed E-state index contributed by atoms with van der Waals surface area (Å²) in [7, 11) is 0. The summed E-state index contributed by atoms with van der Waals surface area (Å²) < 4.78 is 2.23. The van der Waals surface area contributed by atoms with Crippen molar-refractivity contribution in [2.45, 2.75) is 6.54 Å². The van der Waals surface area contributed by atoms with Crippen LogP contribution in [0, 0.1) is 0 Å². The lowest BCUT2D eigenvalue weighted by molar-refractivity contribution is 0.869. The maximum atomic E-state index is 6.36. The van der Waals surface area contributed by atoms with E-state index in [1.165, 1.54) is 5.39 Å². The minimum atomic E-state index is 0.617. The predicted molar refractivity (Wildman–Crippen MR) is 99.4 cm³/mol. The van der Waals surface area contributed by atoms with Gasteiger partial charge in [-0.05, 0) is 36.4 Å². The molecular weight excluding hydrogens is 327 g/mol. The van der Waals surface area contributed by atoms with Crippen LogP contribution in [0.4, 0.5) is 5.69 Å². The van der Waals surface area contributed by atoms with Crippen LogP contribution in [0.3, 0.4) is 0 Å². The molecule has 4 rings (SSSR count). The van der Waals surface area contributed by atoms with Crippen LogP contribution in [0.15, 0.2) is 60.7 Å². The van der Waals surface area contributed by atoms with E-state index in [0.717, 1.165) is 27.7 Å². The molecule has 0 amide bonds. The molecule has 0 aliphatic heterocycles. The molecule has 4 heteroatoms. The Balaban J connectivity index is 2.02. The van der Waals surface area contributed by atoms with E-state index in [1.54, 1.807) is 0 Å². The molecule has 114 valence electrons. The Bertz CT molecular complexity index is 1010. The predicted octanol–water partition coefficient (Wildman–Crippen LogP) is 5.73. The molecule has 0 saturated carbocycles. The van der Waals surface area contributed by atoms with Crippen LogP contribution in [0.1, 0.15) is 5.56 Å². The standard InChI is InChI=1S/C19H14Cl2N2/c20-16-5-3-6-17(21)15(16)11-23-18-7-2-1-4-13(18)14-10-12(22)8-9-19(14)23/h1-10H,11,22H2. The average Bonchev–Trinajstić information content (AvgIpc) is 2.85. The zero-order chi connectivity index (χ0) is 16.0. The van der Waals surface area contributed by atoms with Gasteiger partial charge in [-0.15, -0.1) is 0 Å². The first kappa shape index (κ1) is 14.4. The van der Waals surface area contributed by atoms with Crippen molar-refractivity contribution in [1.29, 1.82) is 0 Å². The number of halogens is 2. The number of nitrogens with zero attached hydrogens (tertiary/aromatic N) is 1. The van der Waals surface area contributed by atoms with Crippen molar-refractivity contribution >= 4 is 50.7 Å². The first-order valence-electron chi connectivity index (χ1n) is 7.34. The van der Waals surface area contributed by atoms with E-state index < -0.39 is 0 Å². The van der Waals surface area contributed by atoms with E-state index in [1.807, 2.05) is 42.5 Å². The molecule has 3 aromatic carbocycles. The monoisotopic (exact) mass is 340 g/mol. The van der Waals surface area contributed by atoms with Crippen molar-refractivity contribution in [2.75, 3.05) is 5.73 Å². The number of hydrogen-bond donors (Lipinski definition) is 1. The number of rotatable bonds is 2. The van der Waals surface area contributed by atoms with Crippen molar-refractivity contribution in [3.63, 3.8) is 0 Å². The van der Waals surface area contributed by atoms with Crippen molar-refractivity contribution < 1.29 is 0 Å². The summed E-state index contributed by atoms with van der Waals surface area (Å²) in [6.45, 7) is 0.617. The van der Waals surface area contributed by atoms with E-state index >= 15 is 0 Å². The van der Waals surface area contributed by atoms with Gasteiger partial charge in [0.25, 0.3) is 0 Å². The molecule has 0 atom stereocenters. The van der Waals surface area contributed by atoms with Gasteiger partial charge in [-0.1, -0.05) is 47.5 Å². The Kier molecular flexibility index (Phi) is 3.44. The summed E-state index contributed by atoms with van der Waals surface area (Å²) in [5, 5.41) is 3.68. The quantitative estimate of drug-likeness (QED) is 0.464. The molecule has 0 aliphatic rings. The molecule has 0 saturated heterocycles. The van der Waals surface area contributed by atoms with Gasteiger partial charge in [0.2, 0.25) is 0 Å². The van der Waals surface area contributed by atoms with Gasteiger partial charge in [-0.2, -0.15) is 0 Å². The molecule has 0 fully saturated rings. The van der Waals surface area contributed by atoms with Gasteiger partial charge in [0.1, 0.15) is 0 Å². The fourth-order valence-corrected chi connectivity index (χ4v) is 3.60. The second-order valence-electron chi connectivity index (χ2n) is 5.58. The highest BCUT2D eigenvalue weighted by Crippen LogP contribution is 2.33. The Morgan fingerprint density at radius 1 is 0.783 bits per heavy atom. The lowest BCUT2D eigenvalue weighted by atomic mass is 10.1. The number of hydrogen-bond acceptors (Lipinski definition) is 1. The molecule has 0 aliphatic carbocycles. The molecule has 0 spiro atoms. The van der Waals surface area contributed by atoms with Gasteiger partial charge in [0.15, 0.2) is 0 Å². The van der Waals surface area contributed by atoms with Crippen molar-refractivity contribution in [3.8, 4) is 0 Å². The third-order valence-electron chi connectivity index (χ3n) is 4.17. The number of nitrogen functional groups attached to an aromatic ring is 1. The highest BCUT2D eigenvalue weighted by Gasteiger charge is 2.13. The highest BCUT2D eigenvalue weighted by atomic mass is 35.5. The zero-order valence-electron chi connectivity index (χ0n) is 12.3. The van der Waals surface area contributed by atoms with Crippen molar-refractivity contribution in [2.24, 2.45) is 0 Å². The van der Waals surface area contributed by atoms with Gasteiger partial charge in [-0.25, -0.2) is 0 Å². The number of fused-ring (bicyclic) bond motifs is 3. The second kappa shape index (κ2) is 5.48. The molecule has 4 aromatic rings. The SMILES string of the molecule is Nc1ccc2c(c1)c1ccccc1n2Cc1c(Cl)cccc1Cl. The van der Waals surface area contributed by atoms with Crippen LogP contribution in [0.2, 0.25) is 10.0 Å². The average molecular weight is 341 g/mol. The number of nitrogens with two attached hydrogens (primary N) is 1. The summed E-state index contributed by atoms with van der Waals surface area (Å²) in [5.74, 6) is 0. The van der Waals surface area contributed by atoms with E-state index in [9.17, 15) is 0 Å². The Hall–Kier alpha value is -2.16. The molecule has 1 aromatic heterocycles. The lowest BCUT2D eigenvalue weighted by Gasteiger charge is -2.11. The molecular formula is C19H14Cl2N2. The maximum absolute atomic E-state index is 6.36. The van der Waals surface area contributed by atoms with E-state index in [4.69, 9.17) is 28.9 Å². The molecule has 2 N–H and O–H groups in total. The number of anilines is 1. The van der Waals surface area contributed by atoms with Crippen molar-refractivity contribution in [1.82, 2.24) is 4.57 Å². The summed E-state index contributed by atoms with van der Waals surface area (Å²) >= 11 is 12.7. The number of benzene rings is 3. The third-order valence-corrected chi connectivity index (χ3v) is 4.88. The topological polar surface area (TPSA) is 30.9 Å². The largest absolute Gasteiger partial charge is 0.399 e. The fraction of sp³-hybridized carbons (Fsp3) is 0.0526. The van der Waals surface area contributed by atoms with Gasteiger partial charge < -0.3 is 10.3 Å². The Morgan fingerprint density at radius 3 is 2.26 bits per heavy atom. The molecule has 0 radical (unpaired) electrons. The van der Waals surface area contributed by atoms with Crippen molar-refractivity contribution in [3.05, 3.63) is 76.3 Å². The van der Waals surface area contributed by atoms with E-state index in [0.29, 0.717) is 16.6 Å². The molecule has 23 heavy (non-hydrogen) atoms. The number of aromatic nitrogens is 1. The van der Waals surface area contributed by atoms with Crippen LogP contribution < -0.4 is 5.73 Å². The van der Waals surface area contributed by atoms with Crippen LogP contribution in [-0.2, 0) is 6.54 Å². The first-order valence-corrected chi connectivity index (χ1v) is 8.10. The van der Waals surface area contributed by atoms with Gasteiger partial charge in [0.05, 0.1) is 6.54 Å². The van der Waals surface area contributed by atoms with Crippen LogP contribution in [-0.4, -0.2) is 4.57 Å². The molecule has 0 unspecified atom stereocenters. The molecule has 0 bridgehead atoms. The Labute approximate surface area is 144 Å². The van der Waals surface area contributed by atoms with Gasteiger partial charge in [-0.3, -0.25) is 0 Å². The third kappa shape index (κ3) is 2.35. The van der Waals surface area contributed by atoms with Gasteiger partial charge >= 0.3 is 0 Å². The fourth-order valence-electron chi connectivity index (χ4n) is 3.08. The second-order valence-corrected chi connectivity index (χ2v) is 6.39. The maximum Gasteiger partial charge on any atom is 0.0511 e. The normalized spacial score (nSPS) is 11.4. The minimum absolute atomic E-state index is 0.617. The first-order chi connectivity index (χ1) is 11.1. The Morgan fingerprint density at radius 2 is 1.48 bits per heavy atom. The molecule has 1 heterocycles. The van der Waals surface area contributed by atoms with Gasteiger partial charge in [0, 0.05) is 43.1 Å². The minimum Gasteiger partial charge on any atom is -0.399 e. The summed E-state index contributed by atoms with van der Waals surface area (Å²) in [6, 6.07) is 19.9. The number of para-hydroxylation sites is 1. The van der Waals surface area contributed by atoms with Crippen LogP contribution >= 0.6 is 23.2 Å². The zero-order valence-corrected chi connectivity index (χ0v) is 13.8. The summed E-state index contributed by atoms with van der Waals surface area (Å²) in [5.41, 5.74) is 9.92. The van der Waals surface area contributed by atoms with Crippen LogP contribution in [0.5, 0.6) is 0 Å². The van der Waals surface area contributed by atoms with Crippen LogP contribution in [0.25, 0.3) is 21.8 Å². The van der Waals surface area contributed by atoms with E-state index in [2.05, 4.69) is 22.8 Å². The van der Waals surface area contributed by atoms with E-state index in [-0.39, 0.29) is 0 Å². The highest BCUT2D eigenvalue weighted by molar-refractivity contribution is 6.36. The summed E-state index contributed by atoms with van der Waals surface area (Å²) in [4.78, 5) is 0. The molecule has 2 nitrogen and oxygen atoms in total. The lowest BCUT2D eigenvalue weighted by Crippen LogP contribution is -2.01. The smallest absolute Gasteiger partial charge is 0.0511 e.